The van der Waals surface area contributed by atoms with Crippen molar-refractivity contribution in [1.29, 1.82) is 0 Å². The van der Waals surface area contributed by atoms with Crippen molar-refractivity contribution in [3.63, 3.8) is 0 Å². The Morgan fingerprint density at radius 2 is 1.46 bits per heavy atom. The zero-order valence-corrected chi connectivity index (χ0v) is 8.56. The molecule has 0 aliphatic carbocycles. The van der Waals surface area contributed by atoms with Crippen LogP contribution in [-0.2, 0) is 9.13 Å². The molecule has 0 aliphatic heterocycles. The summed E-state index contributed by atoms with van der Waals surface area (Å²) >= 11 is 0. The molecule has 0 bridgehead atoms. The Hall–Kier alpha value is 0.0400. The van der Waals surface area contributed by atoms with E-state index >= 15 is 0 Å². The van der Waals surface area contributed by atoms with Crippen molar-refractivity contribution in [2.45, 2.75) is 6.42 Å². The first-order valence-electron chi connectivity index (χ1n) is 3.45. The second kappa shape index (κ2) is 5.05. The molecule has 0 heterocycles. The van der Waals surface area contributed by atoms with Crippen molar-refractivity contribution >= 4 is 15.2 Å². The molecule has 78 valence electrons. The maximum Gasteiger partial charge on any atom is 0.329 e. The molecule has 0 unspecified atom stereocenters. The van der Waals surface area contributed by atoms with Gasteiger partial charge in [0.15, 0.2) is 0 Å². The van der Waals surface area contributed by atoms with Gasteiger partial charge in [0.05, 0.1) is 12.3 Å². The summed E-state index contributed by atoms with van der Waals surface area (Å²) in [7, 11) is -8.02. The number of hydrogen-bond donors (Lipinski definition) is 4. The lowest BCUT2D eigenvalue weighted by atomic mass is 10.4. The molecule has 13 heavy (non-hydrogen) atoms. The van der Waals surface area contributed by atoms with E-state index < -0.39 is 21.4 Å². The van der Waals surface area contributed by atoms with Crippen molar-refractivity contribution in [3.8, 4) is 0 Å². The van der Waals surface area contributed by atoms with E-state index in [0.717, 1.165) is 0 Å². The Morgan fingerprint density at radius 3 is 1.85 bits per heavy atom. The van der Waals surface area contributed by atoms with E-state index in [-0.39, 0.29) is 12.6 Å². The molecular formula is C5H12O6P2. The molecule has 6 nitrogen and oxygen atoms in total. The van der Waals surface area contributed by atoms with Gasteiger partial charge in [0.1, 0.15) is 0 Å². The molecule has 0 aromatic carbocycles. The quantitative estimate of drug-likeness (QED) is 0.398. The average Bonchev–Trinajstić information content (AvgIpc) is 1.81. The zero-order chi connectivity index (χ0) is 10.5. The Morgan fingerprint density at radius 1 is 0.923 bits per heavy atom. The van der Waals surface area contributed by atoms with E-state index in [1.165, 1.54) is 12.2 Å². The van der Waals surface area contributed by atoms with Crippen LogP contribution in [0.15, 0.2) is 12.2 Å². The van der Waals surface area contributed by atoms with Gasteiger partial charge in [0.2, 0.25) is 0 Å². The first kappa shape index (κ1) is 13.0. The van der Waals surface area contributed by atoms with Gasteiger partial charge < -0.3 is 19.6 Å². The van der Waals surface area contributed by atoms with Crippen LogP contribution in [0.5, 0.6) is 0 Å². The van der Waals surface area contributed by atoms with Gasteiger partial charge in [-0.3, -0.25) is 9.13 Å². The van der Waals surface area contributed by atoms with Crippen LogP contribution in [0.4, 0.5) is 0 Å². The summed E-state index contributed by atoms with van der Waals surface area (Å²) < 4.78 is 20.6. The Bertz CT molecular complexity index is 260. The highest BCUT2D eigenvalue weighted by Crippen LogP contribution is 2.36. The maximum atomic E-state index is 10.3. The van der Waals surface area contributed by atoms with Crippen LogP contribution in [0.1, 0.15) is 6.42 Å². The van der Waals surface area contributed by atoms with Crippen LogP contribution < -0.4 is 0 Å². The molecule has 0 spiro atoms. The Balaban J connectivity index is 3.67. The van der Waals surface area contributed by atoms with Crippen LogP contribution >= 0.6 is 15.2 Å². The SMILES string of the molecule is O=P(O)(O)C/C=C/CCP(=O)(O)O. The smallest absolute Gasteiger partial charge is 0.324 e. The van der Waals surface area contributed by atoms with Crippen molar-refractivity contribution in [3.05, 3.63) is 12.2 Å². The van der Waals surface area contributed by atoms with Crippen LogP contribution in [0.2, 0.25) is 0 Å². The normalized spacial score (nSPS) is 13.8. The topological polar surface area (TPSA) is 115 Å². The lowest BCUT2D eigenvalue weighted by Crippen LogP contribution is -1.86. The first-order chi connectivity index (χ1) is 5.71. The average molecular weight is 230 g/mol. The molecule has 0 aromatic rings. The highest BCUT2D eigenvalue weighted by molar-refractivity contribution is 7.52. The van der Waals surface area contributed by atoms with Gasteiger partial charge in [-0.05, 0) is 6.42 Å². The molecule has 0 amide bonds. The van der Waals surface area contributed by atoms with Crippen LogP contribution in [-0.4, -0.2) is 31.9 Å². The number of rotatable bonds is 5. The van der Waals surface area contributed by atoms with E-state index in [9.17, 15) is 9.13 Å². The largest absolute Gasteiger partial charge is 0.329 e. The number of hydrogen-bond acceptors (Lipinski definition) is 2. The Kier molecular flexibility index (Phi) is 5.07. The molecule has 4 N–H and O–H groups in total. The summed E-state index contributed by atoms with van der Waals surface area (Å²) in [5, 5.41) is 0. The van der Waals surface area contributed by atoms with E-state index in [1.807, 2.05) is 0 Å². The monoisotopic (exact) mass is 230 g/mol. The van der Waals surface area contributed by atoms with E-state index in [0.29, 0.717) is 0 Å². The minimum absolute atomic E-state index is 0.115. The predicted octanol–water partition coefficient (Wildman–Crippen LogP) is 0.288. The third-order valence-electron chi connectivity index (χ3n) is 1.10. The van der Waals surface area contributed by atoms with Crippen molar-refractivity contribution in [2.75, 3.05) is 12.3 Å². The minimum atomic E-state index is -4.03. The second-order valence-corrected chi connectivity index (χ2v) is 5.97. The van der Waals surface area contributed by atoms with Crippen molar-refractivity contribution in [2.24, 2.45) is 0 Å². The molecule has 0 saturated carbocycles. The van der Waals surface area contributed by atoms with Crippen LogP contribution in [0.25, 0.3) is 0 Å². The lowest BCUT2D eigenvalue weighted by molar-refractivity contribution is 0.373. The van der Waals surface area contributed by atoms with Crippen molar-refractivity contribution < 1.29 is 28.7 Å². The molecule has 0 radical (unpaired) electrons. The van der Waals surface area contributed by atoms with Crippen molar-refractivity contribution in [1.82, 2.24) is 0 Å². The zero-order valence-electron chi connectivity index (χ0n) is 6.78. The molecule has 0 aliphatic rings. The molecule has 0 saturated heterocycles. The molecule has 0 aromatic heterocycles. The van der Waals surface area contributed by atoms with Crippen LogP contribution in [0, 0.1) is 0 Å². The summed E-state index contributed by atoms with van der Waals surface area (Å²) in [6.45, 7) is 0. The molecule has 0 rings (SSSR count). The van der Waals surface area contributed by atoms with Gasteiger partial charge >= 0.3 is 15.2 Å². The molecule has 8 heteroatoms. The lowest BCUT2D eigenvalue weighted by Gasteiger charge is -1.99. The fraction of sp³-hybridized carbons (Fsp3) is 0.600. The fourth-order valence-electron chi connectivity index (χ4n) is 0.572. The third kappa shape index (κ3) is 12.0. The van der Waals surface area contributed by atoms with Gasteiger partial charge in [-0.2, -0.15) is 0 Å². The molecule has 0 fully saturated rings. The highest BCUT2D eigenvalue weighted by Gasteiger charge is 2.11. The fourth-order valence-corrected chi connectivity index (χ4v) is 1.48. The van der Waals surface area contributed by atoms with Gasteiger partial charge in [-0.1, -0.05) is 12.2 Å². The minimum Gasteiger partial charge on any atom is -0.324 e. The maximum absolute atomic E-state index is 10.3. The summed E-state index contributed by atoms with van der Waals surface area (Å²) in [5.74, 6) is 0. The standard InChI is InChI=1S/C5H12O6P2/c6-12(7,8)4-2-1-3-5-13(9,10)11/h1-2H,3-5H2,(H2,6,7,8)(H2,9,10,11)/b2-1+. The van der Waals surface area contributed by atoms with Crippen LogP contribution in [0.3, 0.4) is 0 Å². The van der Waals surface area contributed by atoms with Gasteiger partial charge in [-0.25, -0.2) is 0 Å². The van der Waals surface area contributed by atoms with E-state index in [1.54, 1.807) is 0 Å². The van der Waals surface area contributed by atoms with Gasteiger partial charge in [0, 0.05) is 0 Å². The van der Waals surface area contributed by atoms with Gasteiger partial charge in [0.25, 0.3) is 0 Å². The second-order valence-electron chi connectivity index (χ2n) is 2.50. The van der Waals surface area contributed by atoms with E-state index in [4.69, 9.17) is 19.6 Å². The third-order valence-corrected chi connectivity index (χ3v) is 2.62. The highest BCUT2D eigenvalue weighted by atomic mass is 31.2. The molecular weight excluding hydrogens is 218 g/mol. The molecule has 0 atom stereocenters. The number of allylic oxidation sites excluding steroid dienone is 2. The summed E-state index contributed by atoms with van der Waals surface area (Å²) in [4.78, 5) is 33.6. The van der Waals surface area contributed by atoms with Gasteiger partial charge in [-0.15, -0.1) is 0 Å². The first-order valence-corrected chi connectivity index (χ1v) is 7.04. The summed E-state index contributed by atoms with van der Waals surface area (Å²) in [6, 6.07) is 0. The summed E-state index contributed by atoms with van der Waals surface area (Å²) in [6.07, 6.45) is 1.98. The predicted molar refractivity (Wildman–Crippen MR) is 47.6 cm³/mol. The van der Waals surface area contributed by atoms with E-state index in [2.05, 4.69) is 0 Å². The summed E-state index contributed by atoms with van der Waals surface area (Å²) in [5.41, 5.74) is 0. The Labute approximate surface area is 75.6 Å².